The Morgan fingerprint density at radius 2 is 2.20 bits per heavy atom. The second-order valence-electron chi connectivity index (χ2n) is 7.18. The smallest absolute Gasteiger partial charge is 0.324 e. The van der Waals surface area contributed by atoms with E-state index in [1.807, 2.05) is 36.1 Å². The van der Waals surface area contributed by atoms with Gasteiger partial charge in [0.2, 0.25) is 0 Å². The lowest BCUT2D eigenvalue weighted by molar-refractivity contribution is 0.0953. The molecule has 158 valence electrons. The minimum Gasteiger partial charge on any atom is -0.393 e. The summed E-state index contributed by atoms with van der Waals surface area (Å²) >= 11 is 7.81. The number of aliphatic hydroxyl groups is 2. The third-order valence-electron chi connectivity index (χ3n) is 5.10. The molecule has 0 radical (unpaired) electrons. The van der Waals surface area contributed by atoms with Crippen molar-refractivity contribution in [1.82, 2.24) is 14.9 Å². The van der Waals surface area contributed by atoms with Crippen molar-refractivity contribution in [1.29, 1.82) is 0 Å². The monoisotopic (exact) mass is 447 g/mol. The number of aliphatic hydroxyl groups excluding tert-OH is 2. The van der Waals surface area contributed by atoms with Crippen molar-refractivity contribution in [3.05, 3.63) is 47.1 Å². The lowest BCUT2D eigenvalue weighted by atomic mass is 10.1. The summed E-state index contributed by atoms with van der Waals surface area (Å²) < 4.78 is 1.03. The molecule has 0 aliphatic carbocycles. The van der Waals surface area contributed by atoms with E-state index in [0.29, 0.717) is 41.2 Å². The molecule has 1 aromatic carbocycles. The number of nitrogens with zero attached hydrogens (tertiary/aromatic N) is 4. The van der Waals surface area contributed by atoms with Crippen LogP contribution in [0.4, 0.5) is 15.7 Å². The highest BCUT2D eigenvalue weighted by Gasteiger charge is 2.29. The van der Waals surface area contributed by atoms with Gasteiger partial charge in [0.15, 0.2) is 5.13 Å². The van der Waals surface area contributed by atoms with E-state index >= 15 is 0 Å². The van der Waals surface area contributed by atoms with E-state index < -0.39 is 12.7 Å². The SMILES string of the molecule is C[C@@H]1CN(c2ncc([C@H](O)CO)cc2Cl)CCN1C(=O)Nc1nc2ccccc2s1. The van der Waals surface area contributed by atoms with Gasteiger partial charge in [-0.3, -0.25) is 5.32 Å². The van der Waals surface area contributed by atoms with Gasteiger partial charge in [-0.05, 0) is 25.1 Å². The van der Waals surface area contributed by atoms with Gasteiger partial charge in [-0.2, -0.15) is 0 Å². The van der Waals surface area contributed by atoms with Crippen molar-refractivity contribution in [2.45, 2.75) is 19.1 Å². The highest BCUT2D eigenvalue weighted by atomic mass is 35.5. The molecule has 0 spiro atoms. The lowest BCUT2D eigenvalue weighted by Gasteiger charge is -2.40. The van der Waals surface area contributed by atoms with Gasteiger partial charge in [-0.1, -0.05) is 35.1 Å². The van der Waals surface area contributed by atoms with Gasteiger partial charge in [-0.25, -0.2) is 14.8 Å². The van der Waals surface area contributed by atoms with E-state index in [4.69, 9.17) is 16.7 Å². The molecule has 1 aliphatic heterocycles. The second-order valence-corrected chi connectivity index (χ2v) is 8.62. The maximum Gasteiger partial charge on any atom is 0.324 e. The molecule has 1 fully saturated rings. The number of hydrogen-bond acceptors (Lipinski definition) is 7. The molecule has 0 saturated carbocycles. The van der Waals surface area contributed by atoms with Crippen molar-refractivity contribution in [2.24, 2.45) is 0 Å². The van der Waals surface area contributed by atoms with Crippen LogP contribution in [0, 0.1) is 0 Å². The van der Waals surface area contributed by atoms with Crippen LogP contribution in [0.2, 0.25) is 5.02 Å². The molecule has 3 N–H and O–H groups in total. The zero-order chi connectivity index (χ0) is 21.3. The Kier molecular flexibility index (Phi) is 6.05. The summed E-state index contributed by atoms with van der Waals surface area (Å²) in [5.41, 5.74) is 1.33. The number of benzene rings is 1. The number of aromatic nitrogens is 2. The lowest BCUT2D eigenvalue weighted by Crippen LogP contribution is -2.55. The summed E-state index contributed by atoms with van der Waals surface area (Å²) in [5.74, 6) is 0.601. The van der Waals surface area contributed by atoms with Gasteiger partial charge < -0.3 is 20.0 Å². The van der Waals surface area contributed by atoms with Gasteiger partial charge in [0.25, 0.3) is 0 Å². The highest BCUT2D eigenvalue weighted by molar-refractivity contribution is 7.22. The predicted molar refractivity (Wildman–Crippen MR) is 118 cm³/mol. The zero-order valence-corrected chi connectivity index (χ0v) is 17.9. The van der Waals surface area contributed by atoms with Crippen molar-refractivity contribution in [3.8, 4) is 0 Å². The number of nitrogens with one attached hydrogen (secondary N) is 1. The van der Waals surface area contributed by atoms with Gasteiger partial charge in [0.1, 0.15) is 11.9 Å². The fourth-order valence-electron chi connectivity index (χ4n) is 3.51. The van der Waals surface area contributed by atoms with Crippen molar-refractivity contribution in [2.75, 3.05) is 36.5 Å². The maximum absolute atomic E-state index is 12.8. The number of carbonyl (C=O) groups excluding carboxylic acids is 1. The van der Waals surface area contributed by atoms with E-state index in [2.05, 4.69) is 15.3 Å². The maximum atomic E-state index is 12.8. The highest BCUT2D eigenvalue weighted by Crippen LogP contribution is 2.29. The Morgan fingerprint density at radius 1 is 1.40 bits per heavy atom. The summed E-state index contributed by atoms with van der Waals surface area (Å²) in [5, 5.41) is 22.7. The molecule has 8 nitrogen and oxygen atoms in total. The van der Waals surface area contributed by atoms with Crippen LogP contribution in [0.5, 0.6) is 0 Å². The summed E-state index contributed by atoms with van der Waals surface area (Å²) in [4.78, 5) is 25.4. The number of para-hydroxylation sites is 1. The van der Waals surface area contributed by atoms with Crippen LogP contribution in [0.3, 0.4) is 0 Å². The molecule has 30 heavy (non-hydrogen) atoms. The summed E-state index contributed by atoms with van der Waals surface area (Å²) in [6.07, 6.45) is 0.505. The number of amides is 2. The number of hydrogen-bond donors (Lipinski definition) is 3. The molecular weight excluding hydrogens is 426 g/mol. The van der Waals surface area contributed by atoms with Crippen LogP contribution < -0.4 is 10.2 Å². The number of carbonyl (C=O) groups is 1. The quantitative estimate of drug-likeness (QED) is 0.568. The van der Waals surface area contributed by atoms with Crippen LogP contribution in [0.15, 0.2) is 36.5 Å². The Bertz CT molecular complexity index is 1030. The van der Waals surface area contributed by atoms with E-state index in [-0.39, 0.29) is 12.1 Å². The van der Waals surface area contributed by atoms with Crippen molar-refractivity contribution < 1.29 is 15.0 Å². The van der Waals surface area contributed by atoms with Crippen molar-refractivity contribution >= 4 is 50.1 Å². The molecule has 3 heterocycles. The number of anilines is 2. The number of fused-ring (bicyclic) bond motifs is 1. The molecule has 0 unspecified atom stereocenters. The van der Waals surface area contributed by atoms with Crippen LogP contribution in [0.1, 0.15) is 18.6 Å². The molecule has 2 atom stereocenters. The molecule has 2 aromatic heterocycles. The zero-order valence-electron chi connectivity index (χ0n) is 16.3. The fraction of sp³-hybridized carbons (Fsp3) is 0.350. The van der Waals surface area contributed by atoms with Gasteiger partial charge >= 0.3 is 6.03 Å². The van der Waals surface area contributed by atoms with Crippen LogP contribution in [-0.2, 0) is 0 Å². The number of pyridine rings is 1. The fourth-order valence-corrected chi connectivity index (χ4v) is 4.66. The van der Waals surface area contributed by atoms with E-state index in [1.54, 1.807) is 11.0 Å². The third kappa shape index (κ3) is 4.20. The Hall–Kier alpha value is -2.46. The minimum absolute atomic E-state index is 0.0614. The predicted octanol–water partition coefficient (Wildman–Crippen LogP) is 3.11. The molecule has 1 saturated heterocycles. The van der Waals surface area contributed by atoms with Crippen LogP contribution >= 0.6 is 22.9 Å². The number of urea groups is 1. The number of halogens is 1. The molecule has 10 heteroatoms. The Morgan fingerprint density at radius 3 is 2.90 bits per heavy atom. The normalized spacial score (nSPS) is 17.9. The summed E-state index contributed by atoms with van der Waals surface area (Å²) in [6.45, 7) is 3.24. The second kappa shape index (κ2) is 8.73. The molecule has 2 amide bonds. The summed E-state index contributed by atoms with van der Waals surface area (Å²) in [6, 6.07) is 9.14. The summed E-state index contributed by atoms with van der Waals surface area (Å²) in [7, 11) is 0. The number of thiazole rings is 1. The first-order chi connectivity index (χ1) is 14.5. The Labute approximate surface area is 182 Å². The van der Waals surface area contributed by atoms with Crippen LogP contribution in [0.25, 0.3) is 10.2 Å². The van der Waals surface area contributed by atoms with E-state index in [0.717, 1.165) is 10.2 Å². The van der Waals surface area contributed by atoms with E-state index in [9.17, 15) is 9.90 Å². The standard InChI is InChI=1S/C20H22ClN5O3S/c1-12-10-25(18-14(21)8-13(9-22-18)16(28)11-27)6-7-26(12)20(29)24-19-23-15-4-2-3-5-17(15)30-19/h2-5,8-9,12,16,27-28H,6-7,10-11H2,1H3,(H,23,24,29)/t12-,16-/m1/s1. The van der Waals surface area contributed by atoms with Crippen molar-refractivity contribution in [3.63, 3.8) is 0 Å². The topological polar surface area (TPSA) is 102 Å². The molecule has 3 aromatic rings. The Balaban J connectivity index is 1.42. The first kappa shape index (κ1) is 20.8. The van der Waals surface area contributed by atoms with E-state index in [1.165, 1.54) is 17.5 Å². The minimum atomic E-state index is -1.01. The first-order valence-electron chi connectivity index (χ1n) is 9.58. The third-order valence-corrected chi connectivity index (χ3v) is 6.33. The molecule has 0 bridgehead atoms. The molecular formula is C20H22ClN5O3S. The number of rotatable bonds is 4. The van der Waals surface area contributed by atoms with Gasteiger partial charge in [0.05, 0.1) is 21.8 Å². The molecule has 4 rings (SSSR count). The largest absolute Gasteiger partial charge is 0.393 e. The first-order valence-corrected chi connectivity index (χ1v) is 10.8. The average Bonchev–Trinajstić information content (AvgIpc) is 3.15. The van der Waals surface area contributed by atoms with Gasteiger partial charge in [0, 0.05) is 37.4 Å². The van der Waals surface area contributed by atoms with Gasteiger partial charge in [-0.15, -0.1) is 0 Å². The molecule has 1 aliphatic rings. The van der Waals surface area contributed by atoms with Crippen LogP contribution in [-0.4, -0.2) is 63.4 Å². The number of piperazine rings is 1. The average molecular weight is 448 g/mol.